The maximum atomic E-state index is 12.3. The van der Waals surface area contributed by atoms with Gasteiger partial charge in [-0.05, 0) is 37.5 Å². The van der Waals surface area contributed by atoms with Crippen molar-refractivity contribution in [1.82, 2.24) is 0 Å². The standard InChI is InChI=1S/C18H30O/c1-7-16(19)18(8-2,9-3)13-12-15-11-10-14(4)17(15,5)6/h10,12-13,15H,7-9,11H2,1-6H3. The molecule has 1 atom stereocenters. The molecule has 1 heteroatoms. The van der Waals surface area contributed by atoms with Gasteiger partial charge in [-0.15, -0.1) is 0 Å². The number of rotatable bonds is 6. The van der Waals surface area contributed by atoms with Crippen molar-refractivity contribution in [2.45, 2.75) is 67.2 Å². The molecule has 1 aliphatic rings. The lowest BCUT2D eigenvalue weighted by Crippen LogP contribution is -2.28. The summed E-state index contributed by atoms with van der Waals surface area (Å²) in [6, 6.07) is 0. The average Bonchev–Trinajstić information content (AvgIpc) is 2.66. The smallest absolute Gasteiger partial charge is 0.142 e. The molecule has 0 aromatic rings. The normalized spacial score (nSPS) is 22.8. The van der Waals surface area contributed by atoms with E-state index in [1.807, 2.05) is 6.92 Å². The van der Waals surface area contributed by atoms with Crippen molar-refractivity contribution < 1.29 is 4.79 Å². The number of carbonyl (C=O) groups is 1. The molecule has 0 aromatic carbocycles. The fraction of sp³-hybridized carbons (Fsp3) is 0.722. The minimum absolute atomic E-state index is 0.235. The minimum Gasteiger partial charge on any atom is -0.299 e. The van der Waals surface area contributed by atoms with Crippen LogP contribution < -0.4 is 0 Å². The van der Waals surface area contributed by atoms with Gasteiger partial charge >= 0.3 is 0 Å². The van der Waals surface area contributed by atoms with Crippen molar-refractivity contribution in [2.75, 3.05) is 0 Å². The van der Waals surface area contributed by atoms with E-state index in [0.717, 1.165) is 19.3 Å². The molecule has 1 unspecified atom stereocenters. The van der Waals surface area contributed by atoms with Crippen LogP contribution in [0.25, 0.3) is 0 Å². The zero-order chi connectivity index (χ0) is 14.7. The molecule has 0 amide bonds. The van der Waals surface area contributed by atoms with Gasteiger partial charge in [-0.25, -0.2) is 0 Å². The predicted octanol–water partition coefficient (Wildman–Crippen LogP) is 5.32. The van der Waals surface area contributed by atoms with Gasteiger partial charge in [-0.2, -0.15) is 0 Å². The second kappa shape index (κ2) is 6.07. The van der Waals surface area contributed by atoms with Crippen LogP contribution >= 0.6 is 0 Å². The van der Waals surface area contributed by atoms with Gasteiger partial charge in [0.2, 0.25) is 0 Å². The third-order valence-corrected chi connectivity index (χ3v) is 5.41. The lowest BCUT2D eigenvalue weighted by molar-refractivity contribution is -0.126. The Morgan fingerprint density at radius 2 is 1.95 bits per heavy atom. The monoisotopic (exact) mass is 262 g/mol. The Bertz CT molecular complexity index is 380. The summed E-state index contributed by atoms with van der Waals surface area (Å²) >= 11 is 0. The molecule has 0 bridgehead atoms. The Balaban J connectivity index is 2.93. The third kappa shape index (κ3) is 3.01. The second-order valence-electron chi connectivity index (χ2n) is 6.45. The summed E-state index contributed by atoms with van der Waals surface area (Å²) in [5.41, 5.74) is 1.47. The molecule has 1 aliphatic carbocycles. The van der Waals surface area contributed by atoms with Crippen molar-refractivity contribution >= 4 is 5.78 Å². The van der Waals surface area contributed by atoms with Gasteiger partial charge in [0.15, 0.2) is 0 Å². The summed E-state index contributed by atoms with van der Waals surface area (Å²) < 4.78 is 0. The van der Waals surface area contributed by atoms with Crippen LogP contribution in [-0.4, -0.2) is 5.78 Å². The quantitative estimate of drug-likeness (QED) is 0.592. The van der Waals surface area contributed by atoms with E-state index in [0.29, 0.717) is 18.1 Å². The number of carbonyl (C=O) groups excluding carboxylic acids is 1. The Hall–Kier alpha value is -0.850. The molecular weight excluding hydrogens is 232 g/mol. The summed E-state index contributed by atoms with van der Waals surface area (Å²) in [4.78, 5) is 12.3. The molecule has 0 heterocycles. The second-order valence-corrected chi connectivity index (χ2v) is 6.45. The predicted molar refractivity (Wildman–Crippen MR) is 83.1 cm³/mol. The van der Waals surface area contributed by atoms with E-state index in [9.17, 15) is 4.79 Å². The Labute approximate surface area is 119 Å². The summed E-state index contributed by atoms with van der Waals surface area (Å²) in [5.74, 6) is 0.920. The Kier molecular flexibility index (Phi) is 5.18. The highest BCUT2D eigenvalue weighted by molar-refractivity contribution is 5.86. The van der Waals surface area contributed by atoms with Gasteiger partial charge in [-0.3, -0.25) is 4.79 Å². The van der Waals surface area contributed by atoms with Crippen LogP contribution in [-0.2, 0) is 4.79 Å². The molecule has 0 saturated heterocycles. The first-order valence-electron chi connectivity index (χ1n) is 7.74. The molecule has 0 radical (unpaired) electrons. The van der Waals surface area contributed by atoms with Crippen LogP contribution in [0.3, 0.4) is 0 Å². The highest BCUT2D eigenvalue weighted by atomic mass is 16.1. The van der Waals surface area contributed by atoms with Gasteiger partial charge in [0, 0.05) is 11.8 Å². The highest BCUT2D eigenvalue weighted by Gasteiger charge is 2.35. The lowest BCUT2D eigenvalue weighted by Gasteiger charge is -2.30. The first kappa shape index (κ1) is 16.2. The van der Waals surface area contributed by atoms with E-state index in [4.69, 9.17) is 0 Å². The fourth-order valence-corrected chi connectivity index (χ4v) is 3.10. The Morgan fingerprint density at radius 3 is 2.32 bits per heavy atom. The molecule has 108 valence electrons. The molecule has 1 rings (SSSR count). The maximum Gasteiger partial charge on any atom is 0.142 e. The van der Waals surface area contributed by atoms with Crippen LogP contribution in [0.4, 0.5) is 0 Å². The average molecular weight is 262 g/mol. The summed E-state index contributed by atoms with van der Waals surface area (Å²) in [7, 11) is 0. The van der Waals surface area contributed by atoms with Crippen LogP contribution in [0.1, 0.15) is 67.2 Å². The molecule has 0 saturated carbocycles. The van der Waals surface area contributed by atoms with Gasteiger partial charge in [0.05, 0.1) is 0 Å². The van der Waals surface area contributed by atoms with Gasteiger partial charge in [-0.1, -0.05) is 58.4 Å². The molecule has 19 heavy (non-hydrogen) atoms. The van der Waals surface area contributed by atoms with Gasteiger partial charge in [0.25, 0.3) is 0 Å². The SMILES string of the molecule is CCC(=O)C(C=CC1CC=C(C)C1(C)C)(CC)CC. The largest absolute Gasteiger partial charge is 0.299 e. The maximum absolute atomic E-state index is 12.3. The number of Topliss-reactive ketones (excluding diaryl/α,β-unsaturated/α-hetero) is 1. The van der Waals surface area contributed by atoms with Crippen LogP contribution in [0.15, 0.2) is 23.8 Å². The zero-order valence-corrected chi connectivity index (χ0v) is 13.5. The van der Waals surface area contributed by atoms with Gasteiger partial charge in [0.1, 0.15) is 5.78 Å². The van der Waals surface area contributed by atoms with E-state index in [-0.39, 0.29) is 10.8 Å². The van der Waals surface area contributed by atoms with Crippen LogP contribution in [0.5, 0.6) is 0 Å². The Morgan fingerprint density at radius 1 is 1.37 bits per heavy atom. The van der Waals surface area contributed by atoms with Crippen LogP contribution in [0.2, 0.25) is 0 Å². The number of hydrogen-bond acceptors (Lipinski definition) is 1. The zero-order valence-electron chi connectivity index (χ0n) is 13.5. The van der Waals surface area contributed by atoms with E-state index >= 15 is 0 Å². The molecule has 0 fully saturated rings. The summed E-state index contributed by atoms with van der Waals surface area (Å²) in [6.45, 7) is 13.1. The highest BCUT2D eigenvalue weighted by Crippen LogP contribution is 2.44. The van der Waals surface area contributed by atoms with Crippen molar-refractivity contribution in [3.8, 4) is 0 Å². The number of allylic oxidation sites excluding steroid dienone is 4. The van der Waals surface area contributed by atoms with Crippen molar-refractivity contribution in [3.05, 3.63) is 23.8 Å². The number of ketones is 1. The fourth-order valence-electron chi connectivity index (χ4n) is 3.10. The van der Waals surface area contributed by atoms with E-state index < -0.39 is 0 Å². The lowest BCUT2D eigenvalue weighted by atomic mass is 9.73. The molecule has 1 nitrogen and oxygen atoms in total. The molecule has 0 aliphatic heterocycles. The summed E-state index contributed by atoms with van der Waals surface area (Å²) in [5, 5.41) is 0. The molecule has 0 N–H and O–H groups in total. The van der Waals surface area contributed by atoms with Gasteiger partial charge < -0.3 is 0 Å². The van der Waals surface area contributed by atoms with E-state index in [2.05, 4.69) is 52.8 Å². The van der Waals surface area contributed by atoms with Crippen molar-refractivity contribution in [1.29, 1.82) is 0 Å². The van der Waals surface area contributed by atoms with E-state index in [1.165, 1.54) is 5.57 Å². The van der Waals surface area contributed by atoms with Crippen molar-refractivity contribution in [3.63, 3.8) is 0 Å². The first-order chi connectivity index (χ1) is 8.84. The first-order valence-corrected chi connectivity index (χ1v) is 7.74. The van der Waals surface area contributed by atoms with Crippen LogP contribution in [0, 0.1) is 16.7 Å². The molecule has 0 aromatic heterocycles. The summed E-state index contributed by atoms with van der Waals surface area (Å²) in [6.07, 6.45) is 10.4. The topological polar surface area (TPSA) is 17.1 Å². The minimum atomic E-state index is -0.235. The third-order valence-electron chi connectivity index (χ3n) is 5.41. The van der Waals surface area contributed by atoms with Crippen molar-refractivity contribution in [2.24, 2.45) is 16.7 Å². The molecular formula is C18H30O. The molecule has 0 spiro atoms. The van der Waals surface area contributed by atoms with E-state index in [1.54, 1.807) is 0 Å². The number of hydrogen-bond donors (Lipinski definition) is 0.